The fraction of sp³-hybridized carbons (Fsp3) is 0.714. The summed E-state index contributed by atoms with van der Waals surface area (Å²) in [5.41, 5.74) is 1.15. The van der Waals surface area contributed by atoms with Crippen molar-refractivity contribution in [2.24, 2.45) is 5.92 Å². The third-order valence-corrected chi connectivity index (χ3v) is 4.10. The lowest BCUT2D eigenvalue weighted by Gasteiger charge is -2.23. The molecule has 0 radical (unpaired) electrons. The van der Waals surface area contributed by atoms with Gasteiger partial charge >= 0.3 is 5.97 Å². The van der Waals surface area contributed by atoms with Gasteiger partial charge in [-0.1, -0.05) is 0 Å². The molecular weight excluding hydrogens is 256 g/mol. The third-order valence-electron chi connectivity index (χ3n) is 4.10. The Kier molecular flexibility index (Phi) is 3.91. The molecule has 6 heteroatoms. The molecule has 20 heavy (non-hydrogen) atoms. The van der Waals surface area contributed by atoms with Crippen LogP contribution in [0.1, 0.15) is 31.4 Å². The van der Waals surface area contributed by atoms with Crippen molar-refractivity contribution in [2.45, 2.75) is 32.2 Å². The summed E-state index contributed by atoms with van der Waals surface area (Å²) in [5, 5.41) is 11.4. The number of esters is 1. The number of anilines is 1. The van der Waals surface area contributed by atoms with Crippen molar-refractivity contribution in [1.29, 1.82) is 0 Å². The van der Waals surface area contributed by atoms with Gasteiger partial charge in [0, 0.05) is 18.5 Å². The summed E-state index contributed by atoms with van der Waals surface area (Å²) in [7, 11) is 0. The number of fused-ring (bicyclic) bond motifs is 1. The molecule has 0 amide bonds. The summed E-state index contributed by atoms with van der Waals surface area (Å²) >= 11 is 0. The first-order valence-corrected chi connectivity index (χ1v) is 7.47. The normalized spacial score (nSPS) is 22.9. The molecule has 1 saturated heterocycles. The van der Waals surface area contributed by atoms with E-state index < -0.39 is 0 Å². The van der Waals surface area contributed by atoms with E-state index >= 15 is 0 Å². The van der Waals surface area contributed by atoms with Gasteiger partial charge in [-0.15, -0.1) is 0 Å². The second-order valence-electron chi connectivity index (χ2n) is 5.49. The molecule has 1 fully saturated rings. The maximum Gasteiger partial charge on any atom is 0.312 e. The van der Waals surface area contributed by atoms with Crippen molar-refractivity contribution in [2.75, 3.05) is 31.6 Å². The van der Waals surface area contributed by atoms with E-state index in [0.29, 0.717) is 25.6 Å². The molecular formula is C14H22N4O2. The largest absolute Gasteiger partial charge is 0.466 e. The predicted octanol–water partition coefficient (Wildman–Crippen LogP) is 0.955. The van der Waals surface area contributed by atoms with E-state index in [1.165, 1.54) is 0 Å². The van der Waals surface area contributed by atoms with Gasteiger partial charge < -0.3 is 15.4 Å². The van der Waals surface area contributed by atoms with Crippen LogP contribution in [0, 0.1) is 5.92 Å². The van der Waals surface area contributed by atoms with Gasteiger partial charge in [-0.3, -0.25) is 4.79 Å². The quantitative estimate of drug-likeness (QED) is 0.806. The minimum Gasteiger partial charge on any atom is -0.466 e. The number of rotatable bonds is 3. The van der Waals surface area contributed by atoms with E-state index in [-0.39, 0.29) is 11.9 Å². The molecule has 2 aliphatic rings. The lowest BCUT2D eigenvalue weighted by atomic mass is 9.95. The number of carbonyl (C=O) groups is 1. The van der Waals surface area contributed by atoms with E-state index in [4.69, 9.17) is 4.74 Å². The Morgan fingerprint density at radius 1 is 1.50 bits per heavy atom. The lowest BCUT2D eigenvalue weighted by Crippen LogP contribution is -2.34. The van der Waals surface area contributed by atoms with Gasteiger partial charge in [0.15, 0.2) is 0 Å². The first kappa shape index (κ1) is 13.4. The maximum atomic E-state index is 11.8. The average Bonchev–Trinajstić information content (AvgIpc) is 2.91. The summed E-state index contributed by atoms with van der Waals surface area (Å²) in [6.45, 7) is 5.64. The van der Waals surface area contributed by atoms with Crippen molar-refractivity contribution in [1.82, 2.24) is 15.1 Å². The van der Waals surface area contributed by atoms with Crippen LogP contribution in [0.15, 0.2) is 6.07 Å². The van der Waals surface area contributed by atoms with E-state index in [1.54, 1.807) is 0 Å². The molecule has 1 aromatic heterocycles. The molecule has 0 spiro atoms. The monoisotopic (exact) mass is 278 g/mol. The van der Waals surface area contributed by atoms with Crippen LogP contribution >= 0.6 is 0 Å². The highest BCUT2D eigenvalue weighted by atomic mass is 16.5. The second-order valence-corrected chi connectivity index (χ2v) is 5.49. The average molecular weight is 278 g/mol. The number of nitrogens with one attached hydrogen (secondary N) is 2. The number of ether oxygens (including phenoxy) is 1. The lowest BCUT2D eigenvalue weighted by molar-refractivity contribution is -0.148. The summed E-state index contributed by atoms with van der Waals surface area (Å²) in [6.07, 6.45) is 2.27. The van der Waals surface area contributed by atoms with Crippen molar-refractivity contribution in [3.63, 3.8) is 0 Å². The molecule has 110 valence electrons. The summed E-state index contributed by atoms with van der Waals surface area (Å²) in [4.78, 5) is 11.8. The van der Waals surface area contributed by atoms with E-state index in [1.807, 2.05) is 11.6 Å². The zero-order valence-corrected chi connectivity index (χ0v) is 11.9. The Hall–Kier alpha value is -1.56. The van der Waals surface area contributed by atoms with Crippen molar-refractivity contribution in [3.8, 4) is 0 Å². The zero-order chi connectivity index (χ0) is 13.9. The van der Waals surface area contributed by atoms with Crippen LogP contribution < -0.4 is 10.6 Å². The van der Waals surface area contributed by atoms with Gasteiger partial charge in [-0.2, -0.15) is 5.10 Å². The van der Waals surface area contributed by atoms with Gasteiger partial charge in [0.25, 0.3) is 0 Å². The minimum atomic E-state index is -0.136. The molecule has 1 unspecified atom stereocenters. The smallest absolute Gasteiger partial charge is 0.312 e. The standard InChI is InChI=1S/C14H22N4O2/c1-2-20-14(19)11-8-16-13-7-12(17-18(13)9-11)10-3-5-15-6-4-10/h7,10-11,15-16H,2-6,8-9H2,1H3. The van der Waals surface area contributed by atoms with Crippen LogP contribution in [0.25, 0.3) is 0 Å². The number of carbonyl (C=O) groups excluding carboxylic acids is 1. The minimum absolute atomic E-state index is 0.135. The van der Waals surface area contributed by atoms with Gasteiger partial charge in [-0.05, 0) is 32.9 Å². The summed E-state index contributed by atoms with van der Waals surface area (Å²) < 4.78 is 7.01. The first-order chi connectivity index (χ1) is 9.78. The number of hydrogen-bond acceptors (Lipinski definition) is 5. The van der Waals surface area contributed by atoms with Gasteiger partial charge in [0.2, 0.25) is 0 Å². The van der Waals surface area contributed by atoms with Crippen LogP contribution in [0.3, 0.4) is 0 Å². The Bertz CT molecular complexity index is 480. The Labute approximate surface area is 118 Å². The topological polar surface area (TPSA) is 68.2 Å². The second kappa shape index (κ2) is 5.83. The number of aromatic nitrogens is 2. The number of piperidine rings is 1. The van der Waals surface area contributed by atoms with Crippen LogP contribution in [-0.4, -0.2) is 42.0 Å². The van der Waals surface area contributed by atoms with Crippen LogP contribution in [0.4, 0.5) is 5.82 Å². The van der Waals surface area contributed by atoms with Gasteiger partial charge in [0.1, 0.15) is 5.82 Å². The first-order valence-electron chi connectivity index (χ1n) is 7.47. The molecule has 3 rings (SSSR count). The Morgan fingerprint density at radius 2 is 2.30 bits per heavy atom. The van der Waals surface area contributed by atoms with E-state index in [2.05, 4.69) is 21.8 Å². The number of hydrogen-bond donors (Lipinski definition) is 2. The molecule has 0 saturated carbocycles. The highest BCUT2D eigenvalue weighted by Crippen LogP contribution is 2.28. The zero-order valence-electron chi connectivity index (χ0n) is 11.9. The Morgan fingerprint density at radius 3 is 3.05 bits per heavy atom. The summed E-state index contributed by atoms with van der Waals surface area (Å²) in [5.74, 6) is 1.30. The molecule has 3 heterocycles. The molecule has 2 N–H and O–H groups in total. The molecule has 0 aromatic carbocycles. The predicted molar refractivity (Wildman–Crippen MR) is 75.7 cm³/mol. The van der Waals surface area contributed by atoms with Crippen molar-refractivity contribution >= 4 is 11.8 Å². The van der Waals surface area contributed by atoms with Crippen LogP contribution in [-0.2, 0) is 16.1 Å². The van der Waals surface area contributed by atoms with Gasteiger partial charge in [0.05, 0.1) is 24.8 Å². The molecule has 6 nitrogen and oxygen atoms in total. The molecule has 1 atom stereocenters. The number of nitrogens with zero attached hydrogens (tertiary/aromatic N) is 2. The molecule has 2 aliphatic heterocycles. The highest BCUT2D eigenvalue weighted by Gasteiger charge is 2.28. The fourth-order valence-electron chi connectivity index (χ4n) is 2.95. The van der Waals surface area contributed by atoms with E-state index in [0.717, 1.165) is 37.4 Å². The fourth-order valence-corrected chi connectivity index (χ4v) is 2.95. The van der Waals surface area contributed by atoms with Gasteiger partial charge in [-0.25, -0.2) is 4.68 Å². The molecule has 0 aliphatic carbocycles. The Balaban J connectivity index is 1.70. The third kappa shape index (κ3) is 2.65. The van der Waals surface area contributed by atoms with Crippen LogP contribution in [0.5, 0.6) is 0 Å². The summed E-state index contributed by atoms with van der Waals surface area (Å²) in [6, 6.07) is 2.14. The molecule has 1 aromatic rings. The van der Waals surface area contributed by atoms with E-state index in [9.17, 15) is 4.79 Å². The van der Waals surface area contributed by atoms with Crippen molar-refractivity contribution < 1.29 is 9.53 Å². The molecule has 0 bridgehead atoms. The van der Waals surface area contributed by atoms with Crippen molar-refractivity contribution in [3.05, 3.63) is 11.8 Å². The van der Waals surface area contributed by atoms with Crippen LogP contribution in [0.2, 0.25) is 0 Å². The highest BCUT2D eigenvalue weighted by molar-refractivity contribution is 5.73. The maximum absolute atomic E-state index is 11.8. The SMILES string of the molecule is CCOC(=O)C1CNc2cc(C3CCNCC3)nn2C1.